The first-order valence-corrected chi connectivity index (χ1v) is 6.90. The molecule has 0 unspecified atom stereocenters. The molecule has 0 amide bonds. The number of fused-ring (bicyclic) bond motifs is 1. The Hall–Kier alpha value is -2.17. The van der Waals surface area contributed by atoms with Gasteiger partial charge in [-0.25, -0.2) is 0 Å². The molecule has 104 valence electrons. The lowest BCUT2D eigenvalue weighted by Gasteiger charge is -2.20. The highest BCUT2D eigenvalue weighted by Crippen LogP contribution is 2.35. The molecule has 1 heterocycles. The Morgan fingerprint density at radius 2 is 2.20 bits per heavy atom. The van der Waals surface area contributed by atoms with Crippen LogP contribution in [0.15, 0.2) is 30.5 Å². The molecule has 5 heteroatoms. The standard InChI is InChI=1S/C15H17N3O2/c1-17(10-8-11-4-5-11)14-7-6-13(18(19)20)12-3-2-9-16-15(12)14/h2-3,6-7,9,11H,4-5,8,10H2,1H3. The number of non-ortho nitro benzene ring substituents is 1. The van der Waals surface area contributed by atoms with Crippen LogP contribution in [0.25, 0.3) is 10.9 Å². The summed E-state index contributed by atoms with van der Waals surface area (Å²) in [5.74, 6) is 0.870. The Labute approximate surface area is 117 Å². The number of nitro benzene ring substituents is 1. The highest BCUT2D eigenvalue weighted by atomic mass is 16.6. The SMILES string of the molecule is CN(CCC1CC1)c1ccc([N+](=O)[O-])c2cccnc12. The normalized spacial score (nSPS) is 14.4. The fraction of sp³-hybridized carbons (Fsp3) is 0.400. The number of nitro groups is 1. The molecule has 0 bridgehead atoms. The molecular formula is C15H17N3O2. The summed E-state index contributed by atoms with van der Waals surface area (Å²) in [7, 11) is 2.03. The van der Waals surface area contributed by atoms with Crippen molar-refractivity contribution in [1.82, 2.24) is 4.98 Å². The minimum Gasteiger partial charge on any atom is -0.373 e. The summed E-state index contributed by atoms with van der Waals surface area (Å²) in [6.07, 6.45) is 5.55. The summed E-state index contributed by atoms with van der Waals surface area (Å²) < 4.78 is 0. The molecule has 1 aliphatic rings. The number of anilines is 1. The maximum absolute atomic E-state index is 11.1. The van der Waals surface area contributed by atoms with Gasteiger partial charge in [0.25, 0.3) is 5.69 Å². The van der Waals surface area contributed by atoms with Crippen molar-refractivity contribution in [1.29, 1.82) is 0 Å². The van der Waals surface area contributed by atoms with E-state index >= 15 is 0 Å². The minimum absolute atomic E-state index is 0.118. The van der Waals surface area contributed by atoms with Crippen LogP contribution in [0.3, 0.4) is 0 Å². The van der Waals surface area contributed by atoms with Crippen LogP contribution in [0.4, 0.5) is 11.4 Å². The molecule has 0 radical (unpaired) electrons. The topological polar surface area (TPSA) is 59.3 Å². The van der Waals surface area contributed by atoms with E-state index in [0.29, 0.717) is 10.9 Å². The molecule has 20 heavy (non-hydrogen) atoms. The molecule has 2 aromatic rings. The quantitative estimate of drug-likeness (QED) is 0.618. The molecule has 1 fully saturated rings. The number of pyridine rings is 1. The van der Waals surface area contributed by atoms with Gasteiger partial charge in [-0.1, -0.05) is 12.8 Å². The second-order valence-corrected chi connectivity index (χ2v) is 5.41. The van der Waals surface area contributed by atoms with Crippen LogP contribution in [-0.4, -0.2) is 23.5 Å². The molecule has 5 nitrogen and oxygen atoms in total. The van der Waals surface area contributed by atoms with E-state index in [4.69, 9.17) is 0 Å². The molecule has 1 aromatic heterocycles. The highest BCUT2D eigenvalue weighted by Gasteiger charge is 2.22. The first-order chi connectivity index (χ1) is 9.66. The molecule has 0 spiro atoms. The lowest BCUT2D eigenvalue weighted by molar-refractivity contribution is -0.383. The third-order valence-electron chi connectivity index (χ3n) is 3.90. The van der Waals surface area contributed by atoms with Gasteiger partial charge in [0.2, 0.25) is 0 Å². The van der Waals surface area contributed by atoms with Crippen LogP contribution in [0, 0.1) is 16.0 Å². The fourth-order valence-electron chi connectivity index (χ4n) is 2.51. The molecule has 3 rings (SSSR count). The van der Waals surface area contributed by atoms with E-state index in [1.165, 1.54) is 19.3 Å². The van der Waals surface area contributed by atoms with Crippen molar-refractivity contribution in [3.8, 4) is 0 Å². The number of nitrogens with zero attached hydrogens (tertiary/aromatic N) is 3. The van der Waals surface area contributed by atoms with Gasteiger partial charge in [-0.15, -0.1) is 0 Å². The molecule has 0 N–H and O–H groups in total. The molecule has 0 saturated heterocycles. The van der Waals surface area contributed by atoms with Gasteiger partial charge in [0.1, 0.15) is 5.52 Å². The van der Waals surface area contributed by atoms with Crippen molar-refractivity contribution in [2.75, 3.05) is 18.5 Å². The Kier molecular flexibility index (Phi) is 3.26. The molecule has 1 aromatic carbocycles. The second-order valence-electron chi connectivity index (χ2n) is 5.41. The van der Waals surface area contributed by atoms with E-state index in [1.807, 2.05) is 7.05 Å². The lowest BCUT2D eigenvalue weighted by Crippen LogP contribution is -2.19. The molecule has 1 aliphatic carbocycles. The Bertz CT molecular complexity index is 653. The van der Waals surface area contributed by atoms with Gasteiger partial charge in [0.15, 0.2) is 0 Å². The van der Waals surface area contributed by atoms with Gasteiger partial charge >= 0.3 is 0 Å². The predicted octanol–water partition coefficient (Wildman–Crippen LogP) is 3.38. The van der Waals surface area contributed by atoms with Crippen molar-refractivity contribution < 1.29 is 4.92 Å². The Morgan fingerprint density at radius 1 is 1.40 bits per heavy atom. The number of hydrogen-bond acceptors (Lipinski definition) is 4. The smallest absolute Gasteiger partial charge is 0.278 e. The highest BCUT2D eigenvalue weighted by molar-refractivity contribution is 5.96. The maximum atomic E-state index is 11.1. The summed E-state index contributed by atoms with van der Waals surface area (Å²) in [4.78, 5) is 17.2. The van der Waals surface area contributed by atoms with E-state index < -0.39 is 0 Å². The fourth-order valence-corrected chi connectivity index (χ4v) is 2.51. The monoisotopic (exact) mass is 271 g/mol. The van der Waals surface area contributed by atoms with Crippen LogP contribution in [0.5, 0.6) is 0 Å². The van der Waals surface area contributed by atoms with Crippen molar-refractivity contribution in [2.24, 2.45) is 5.92 Å². The second kappa shape index (κ2) is 5.07. The predicted molar refractivity (Wildman–Crippen MR) is 79.0 cm³/mol. The zero-order valence-corrected chi connectivity index (χ0v) is 11.5. The van der Waals surface area contributed by atoms with E-state index in [2.05, 4.69) is 9.88 Å². The van der Waals surface area contributed by atoms with Crippen LogP contribution in [0.2, 0.25) is 0 Å². The number of benzene rings is 1. The average molecular weight is 271 g/mol. The Balaban J connectivity index is 1.98. The van der Waals surface area contributed by atoms with Crippen LogP contribution in [-0.2, 0) is 0 Å². The van der Waals surface area contributed by atoms with Crippen molar-refractivity contribution >= 4 is 22.3 Å². The van der Waals surface area contributed by atoms with Crippen molar-refractivity contribution in [3.63, 3.8) is 0 Å². The first kappa shape index (κ1) is 12.8. The van der Waals surface area contributed by atoms with Gasteiger partial charge in [-0.2, -0.15) is 0 Å². The average Bonchev–Trinajstić information content (AvgIpc) is 3.27. The number of hydrogen-bond donors (Lipinski definition) is 0. The summed E-state index contributed by atoms with van der Waals surface area (Å²) in [5, 5.41) is 11.7. The summed E-state index contributed by atoms with van der Waals surface area (Å²) in [5.41, 5.74) is 1.79. The zero-order chi connectivity index (χ0) is 14.1. The van der Waals surface area contributed by atoms with Gasteiger partial charge in [0, 0.05) is 25.9 Å². The van der Waals surface area contributed by atoms with Crippen molar-refractivity contribution in [3.05, 3.63) is 40.6 Å². The van der Waals surface area contributed by atoms with Gasteiger partial charge in [-0.05, 0) is 30.5 Å². The third-order valence-corrected chi connectivity index (χ3v) is 3.90. The maximum Gasteiger partial charge on any atom is 0.278 e. The lowest BCUT2D eigenvalue weighted by atomic mass is 10.1. The van der Waals surface area contributed by atoms with Crippen molar-refractivity contribution in [2.45, 2.75) is 19.3 Å². The molecular weight excluding hydrogens is 254 g/mol. The van der Waals surface area contributed by atoms with Gasteiger partial charge < -0.3 is 4.90 Å². The van der Waals surface area contributed by atoms with E-state index in [1.54, 1.807) is 30.5 Å². The number of aromatic nitrogens is 1. The van der Waals surface area contributed by atoms with Crippen LogP contribution in [0.1, 0.15) is 19.3 Å². The van der Waals surface area contributed by atoms with E-state index in [0.717, 1.165) is 18.2 Å². The molecule has 0 aliphatic heterocycles. The van der Waals surface area contributed by atoms with E-state index in [-0.39, 0.29) is 10.6 Å². The summed E-state index contributed by atoms with van der Waals surface area (Å²) >= 11 is 0. The number of rotatable bonds is 5. The minimum atomic E-state index is -0.349. The van der Waals surface area contributed by atoms with Crippen LogP contribution < -0.4 is 4.90 Å². The third kappa shape index (κ3) is 2.43. The van der Waals surface area contributed by atoms with Gasteiger partial charge in [0.05, 0.1) is 16.0 Å². The molecule has 1 saturated carbocycles. The first-order valence-electron chi connectivity index (χ1n) is 6.90. The van der Waals surface area contributed by atoms with Crippen LogP contribution >= 0.6 is 0 Å². The zero-order valence-electron chi connectivity index (χ0n) is 11.5. The largest absolute Gasteiger partial charge is 0.373 e. The van der Waals surface area contributed by atoms with E-state index in [9.17, 15) is 10.1 Å². The van der Waals surface area contributed by atoms with Gasteiger partial charge in [-0.3, -0.25) is 15.1 Å². The molecule has 0 atom stereocenters. The summed E-state index contributed by atoms with van der Waals surface area (Å²) in [6, 6.07) is 6.88. The summed E-state index contributed by atoms with van der Waals surface area (Å²) in [6.45, 7) is 0.966. The Morgan fingerprint density at radius 3 is 2.90 bits per heavy atom.